The van der Waals surface area contributed by atoms with E-state index in [2.05, 4.69) is 10.1 Å². The number of primary amides is 1. The third kappa shape index (κ3) is 2.33. The lowest BCUT2D eigenvalue weighted by molar-refractivity contribution is 0.0995. The van der Waals surface area contributed by atoms with Crippen LogP contribution >= 0.6 is 0 Å². The highest BCUT2D eigenvalue weighted by molar-refractivity contribution is 5.91. The van der Waals surface area contributed by atoms with Crippen LogP contribution in [0.5, 0.6) is 11.6 Å². The molecule has 0 aliphatic carbocycles. The molecule has 17 heavy (non-hydrogen) atoms. The number of nitrogen functional groups attached to an aromatic ring is 1. The van der Waals surface area contributed by atoms with Crippen molar-refractivity contribution in [1.29, 1.82) is 0 Å². The first-order valence-electron chi connectivity index (χ1n) is 4.79. The average molecular weight is 233 g/mol. The van der Waals surface area contributed by atoms with E-state index in [1.807, 2.05) is 0 Å². The Kier molecular flexibility index (Phi) is 2.65. The van der Waals surface area contributed by atoms with Gasteiger partial charge >= 0.3 is 0 Å². The number of carbonyl (C=O) groups excluding carboxylic acids is 1. The summed E-state index contributed by atoms with van der Waals surface area (Å²) in [6.45, 7) is 0. The normalized spacial score (nSPS) is 10.2. The van der Waals surface area contributed by atoms with Crippen LogP contribution in [0.2, 0.25) is 0 Å². The number of carbonyl (C=O) groups is 1. The van der Waals surface area contributed by atoms with Crippen LogP contribution in [0.3, 0.4) is 0 Å². The van der Waals surface area contributed by atoms with Crippen molar-refractivity contribution in [2.45, 2.75) is 0 Å². The van der Waals surface area contributed by atoms with Gasteiger partial charge in [0.25, 0.3) is 5.91 Å². The first-order valence-corrected chi connectivity index (χ1v) is 4.79. The molecule has 2 heterocycles. The van der Waals surface area contributed by atoms with Crippen LogP contribution in [-0.4, -0.2) is 20.7 Å². The van der Waals surface area contributed by atoms with E-state index in [0.29, 0.717) is 11.4 Å². The predicted octanol–water partition coefficient (Wildman–Crippen LogP) is 0.288. The molecule has 2 aromatic heterocycles. The van der Waals surface area contributed by atoms with Crippen LogP contribution < -0.4 is 16.2 Å². The lowest BCUT2D eigenvalue weighted by atomic mass is 10.3. The minimum absolute atomic E-state index is 0.0955. The summed E-state index contributed by atoms with van der Waals surface area (Å²) in [5, 5.41) is 3.93. The Morgan fingerprint density at radius 2 is 2.24 bits per heavy atom. The van der Waals surface area contributed by atoms with E-state index in [-0.39, 0.29) is 11.6 Å². The van der Waals surface area contributed by atoms with Crippen LogP contribution in [-0.2, 0) is 7.05 Å². The molecule has 7 nitrogen and oxygen atoms in total. The number of nitrogens with two attached hydrogens (primary N) is 2. The first-order chi connectivity index (χ1) is 8.06. The second-order valence-electron chi connectivity index (χ2n) is 3.41. The number of rotatable bonds is 3. The van der Waals surface area contributed by atoms with Gasteiger partial charge in [-0.1, -0.05) is 0 Å². The van der Waals surface area contributed by atoms with Crippen molar-refractivity contribution in [3.8, 4) is 11.6 Å². The summed E-state index contributed by atoms with van der Waals surface area (Å²) in [5.74, 6) is -0.0244. The summed E-state index contributed by atoms with van der Waals surface area (Å²) in [7, 11) is 1.75. The molecule has 0 aliphatic heterocycles. The van der Waals surface area contributed by atoms with E-state index < -0.39 is 5.91 Å². The van der Waals surface area contributed by atoms with Gasteiger partial charge in [0.1, 0.15) is 5.69 Å². The van der Waals surface area contributed by atoms with Gasteiger partial charge in [0, 0.05) is 7.05 Å². The van der Waals surface area contributed by atoms with Crippen LogP contribution in [0.25, 0.3) is 0 Å². The average Bonchev–Trinajstić information content (AvgIpc) is 2.67. The van der Waals surface area contributed by atoms with E-state index in [0.717, 1.165) is 0 Å². The molecule has 4 N–H and O–H groups in total. The molecule has 88 valence electrons. The fraction of sp³-hybridized carbons (Fsp3) is 0.100. The standard InChI is InChI=1S/C10H11N5O2/c1-15-5-6(4-13-15)17-10-7(11)2-3-8(14-10)9(12)16/h2-5H,11H2,1H3,(H2,12,16). The molecule has 0 fully saturated rings. The van der Waals surface area contributed by atoms with Crippen molar-refractivity contribution < 1.29 is 9.53 Å². The van der Waals surface area contributed by atoms with Crippen LogP contribution in [0.4, 0.5) is 5.69 Å². The van der Waals surface area contributed by atoms with Crippen LogP contribution in [0.15, 0.2) is 24.5 Å². The molecule has 2 aromatic rings. The summed E-state index contributed by atoms with van der Waals surface area (Å²) in [6.07, 6.45) is 3.16. The quantitative estimate of drug-likeness (QED) is 0.791. The van der Waals surface area contributed by atoms with Crippen LogP contribution in [0, 0.1) is 0 Å². The number of nitrogens with zero attached hydrogens (tertiary/aromatic N) is 3. The molecule has 0 bridgehead atoms. The van der Waals surface area contributed by atoms with Crippen molar-refractivity contribution in [2.75, 3.05) is 5.73 Å². The summed E-state index contributed by atoms with van der Waals surface area (Å²) in [6, 6.07) is 2.95. The number of aryl methyl sites for hydroxylation is 1. The number of amides is 1. The fourth-order valence-electron chi connectivity index (χ4n) is 1.23. The van der Waals surface area contributed by atoms with Crippen molar-refractivity contribution in [1.82, 2.24) is 14.8 Å². The Morgan fingerprint density at radius 3 is 2.82 bits per heavy atom. The zero-order valence-electron chi connectivity index (χ0n) is 9.12. The largest absolute Gasteiger partial charge is 0.434 e. The number of pyridine rings is 1. The maximum atomic E-state index is 11.0. The lowest BCUT2D eigenvalue weighted by Gasteiger charge is -2.05. The number of ether oxygens (including phenoxy) is 1. The topological polar surface area (TPSA) is 109 Å². The Labute approximate surface area is 97.0 Å². The fourth-order valence-corrected chi connectivity index (χ4v) is 1.23. The monoisotopic (exact) mass is 233 g/mol. The molecule has 0 radical (unpaired) electrons. The van der Waals surface area contributed by atoms with Gasteiger partial charge in [0.2, 0.25) is 5.88 Å². The minimum atomic E-state index is -0.638. The molecule has 0 aliphatic rings. The molecule has 0 saturated carbocycles. The van der Waals surface area contributed by atoms with Gasteiger partial charge in [0.05, 0.1) is 18.1 Å². The Bertz CT molecular complexity index is 564. The second kappa shape index (κ2) is 4.12. The molecule has 1 amide bonds. The van der Waals surface area contributed by atoms with Gasteiger partial charge in [-0.05, 0) is 12.1 Å². The Balaban J connectivity index is 2.31. The second-order valence-corrected chi connectivity index (χ2v) is 3.41. The molecule has 0 spiro atoms. The van der Waals surface area contributed by atoms with Crippen LogP contribution in [0.1, 0.15) is 10.5 Å². The Hall–Kier alpha value is -2.57. The third-order valence-electron chi connectivity index (χ3n) is 2.04. The van der Waals surface area contributed by atoms with Gasteiger partial charge in [-0.25, -0.2) is 4.98 Å². The van der Waals surface area contributed by atoms with Gasteiger partial charge in [-0.3, -0.25) is 9.48 Å². The van der Waals surface area contributed by atoms with Crippen molar-refractivity contribution in [3.63, 3.8) is 0 Å². The van der Waals surface area contributed by atoms with E-state index in [1.54, 1.807) is 17.9 Å². The molecular weight excluding hydrogens is 222 g/mol. The molecule has 7 heteroatoms. The number of hydrogen-bond donors (Lipinski definition) is 2. The maximum absolute atomic E-state index is 11.0. The SMILES string of the molecule is Cn1cc(Oc2nc(C(N)=O)ccc2N)cn1. The van der Waals surface area contributed by atoms with Crippen molar-refractivity contribution in [3.05, 3.63) is 30.2 Å². The van der Waals surface area contributed by atoms with E-state index in [1.165, 1.54) is 18.3 Å². The van der Waals surface area contributed by atoms with E-state index in [9.17, 15) is 4.79 Å². The molecular formula is C10H11N5O2. The number of anilines is 1. The van der Waals surface area contributed by atoms with E-state index >= 15 is 0 Å². The summed E-state index contributed by atoms with van der Waals surface area (Å²) in [5.41, 5.74) is 11.2. The molecule has 0 unspecified atom stereocenters. The third-order valence-corrected chi connectivity index (χ3v) is 2.04. The molecule has 0 aromatic carbocycles. The van der Waals surface area contributed by atoms with E-state index in [4.69, 9.17) is 16.2 Å². The molecule has 0 saturated heterocycles. The van der Waals surface area contributed by atoms with Crippen molar-refractivity contribution in [2.24, 2.45) is 12.8 Å². The number of aromatic nitrogens is 3. The Morgan fingerprint density at radius 1 is 1.47 bits per heavy atom. The highest BCUT2D eigenvalue weighted by atomic mass is 16.5. The highest BCUT2D eigenvalue weighted by Crippen LogP contribution is 2.24. The van der Waals surface area contributed by atoms with Gasteiger partial charge in [-0.15, -0.1) is 0 Å². The van der Waals surface area contributed by atoms with Gasteiger partial charge < -0.3 is 16.2 Å². The van der Waals surface area contributed by atoms with Gasteiger partial charge in [0.15, 0.2) is 5.75 Å². The van der Waals surface area contributed by atoms with Gasteiger partial charge in [-0.2, -0.15) is 5.10 Å². The first kappa shape index (κ1) is 10.9. The summed E-state index contributed by atoms with van der Waals surface area (Å²) < 4.78 is 6.97. The lowest BCUT2D eigenvalue weighted by Crippen LogP contribution is -2.13. The molecule has 2 rings (SSSR count). The predicted molar refractivity (Wildman–Crippen MR) is 60.4 cm³/mol. The zero-order chi connectivity index (χ0) is 12.4. The number of hydrogen-bond acceptors (Lipinski definition) is 5. The maximum Gasteiger partial charge on any atom is 0.267 e. The summed E-state index contributed by atoms with van der Waals surface area (Å²) >= 11 is 0. The molecule has 0 atom stereocenters. The summed E-state index contributed by atoms with van der Waals surface area (Å²) in [4.78, 5) is 14.9. The zero-order valence-corrected chi connectivity index (χ0v) is 9.12. The smallest absolute Gasteiger partial charge is 0.267 e. The minimum Gasteiger partial charge on any atom is -0.434 e. The highest BCUT2D eigenvalue weighted by Gasteiger charge is 2.09. The van der Waals surface area contributed by atoms with Crippen molar-refractivity contribution >= 4 is 11.6 Å².